The van der Waals surface area contributed by atoms with Crippen molar-refractivity contribution in [2.75, 3.05) is 0 Å². The minimum absolute atomic E-state index is 0.200. The fraction of sp³-hybridized carbons (Fsp3) is 0.250. The lowest BCUT2D eigenvalue weighted by Gasteiger charge is -2.13. The Morgan fingerprint density at radius 2 is 1.82 bits per heavy atom. The molecule has 0 saturated heterocycles. The number of aromatic nitrogens is 7. The predicted octanol–water partition coefficient (Wildman–Crippen LogP) is 2.98. The van der Waals surface area contributed by atoms with E-state index in [2.05, 4.69) is 68.8 Å². The molecule has 0 amide bonds. The molecule has 0 radical (unpaired) electrons. The van der Waals surface area contributed by atoms with Gasteiger partial charge in [-0.05, 0) is 35.2 Å². The minimum Gasteiger partial charge on any atom is -0.267 e. The second kappa shape index (κ2) is 7.59. The van der Waals surface area contributed by atoms with Gasteiger partial charge in [0.2, 0.25) is 5.82 Å². The topological polar surface area (TPSA) is 105 Å². The van der Waals surface area contributed by atoms with E-state index < -0.39 is 0 Å². The summed E-state index contributed by atoms with van der Waals surface area (Å²) in [5, 5.41) is 17.1. The van der Waals surface area contributed by atoms with E-state index in [4.69, 9.17) is 0 Å². The highest BCUT2D eigenvalue weighted by Crippen LogP contribution is 2.30. The van der Waals surface area contributed by atoms with Crippen LogP contribution in [0.15, 0.2) is 53.3 Å². The average Bonchev–Trinajstić information content (AvgIpc) is 3.38. The third-order valence-electron chi connectivity index (χ3n) is 4.90. The molecule has 2 aromatic heterocycles. The summed E-state index contributed by atoms with van der Waals surface area (Å²) in [6.07, 6.45) is 1.51. The number of hydrogen-bond donors (Lipinski definition) is 2. The molecule has 1 atom stereocenters. The van der Waals surface area contributed by atoms with Crippen molar-refractivity contribution in [3.05, 3.63) is 70.4 Å². The highest BCUT2D eigenvalue weighted by atomic mass is 16.1. The Bertz CT molecular complexity index is 1110. The molecule has 2 N–H and O–H groups in total. The first-order valence-electron chi connectivity index (χ1n) is 9.25. The van der Waals surface area contributed by atoms with E-state index in [0.29, 0.717) is 12.2 Å². The van der Waals surface area contributed by atoms with Crippen molar-refractivity contribution < 1.29 is 0 Å². The number of benzene rings is 2. The van der Waals surface area contributed by atoms with E-state index in [1.807, 2.05) is 28.9 Å². The first-order chi connectivity index (χ1) is 13.7. The van der Waals surface area contributed by atoms with Gasteiger partial charge in [0.1, 0.15) is 5.82 Å². The molecule has 4 rings (SSSR count). The molecule has 0 aliphatic rings. The maximum atomic E-state index is 11.7. The van der Waals surface area contributed by atoms with E-state index >= 15 is 0 Å². The molecule has 0 aliphatic heterocycles. The normalized spacial score (nSPS) is 12.2. The van der Waals surface area contributed by atoms with Crippen LogP contribution < -0.4 is 5.69 Å². The number of rotatable bonds is 6. The highest BCUT2D eigenvalue weighted by molar-refractivity contribution is 5.80. The molecule has 0 fully saturated rings. The number of H-pyrrole nitrogens is 2. The maximum absolute atomic E-state index is 11.7. The lowest BCUT2D eigenvalue weighted by atomic mass is 9.98. The Morgan fingerprint density at radius 1 is 1.07 bits per heavy atom. The van der Waals surface area contributed by atoms with E-state index in [1.165, 1.54) is 0 Å². The number of aromatic amines is 2. The van der Waals surface area contributed by atoms with Crippen LogP contribution in [0.4, 0.5) is 0 Å². The molecule has 4 aromatic rings. The van der Waals surface area contributed by atoms with Gasteiger partial charge in [-0.25, -0.2) is 9.89 Å². The van der Waals surface area contributed by atoms with Crippen LogP contribution in [0.1, 0.15) is 37.7 Å². The van der Waals surface area contributed by atoms with Crippen LogP contribution in [0, 0.1) is 0 Å². The van der Waals surface area contributed by atoms with Crippen LogP contribution >= 0.6 is 0 Å². The van der Waals surface area contributed by atoms with Gasteiger partial charge in [-0.2, -0.15) is 10.2 Å². The number of tetrazole rings is 1. The molecule has 0 bridgehead atoms. The van der Waals surface area contributed by atoms with E-state index in [9.17, 15) is 4.79 Å². The summed E-state index contributed by atoms with van der Waals surface area (Å²) in [4.78, 5) is 15.8. The first-order valence-corrected chi connectivity index (χ1v) is 9.25. The highest BCUT2D eigenvalue weighted by Gasteiger charge is 2.13. The molecule has 0 spiro atoms. The van der Waals surface area contributed by atoms with Crippen molar-refractivity contribution in [2.45, 2.75) is 32.7 Å². The Labute approximate surface area is 161 Å². The SMILES string of the molecule is CCC(C)n1[nH]c(=O)nc1Cc1ccc(-c2ccccc2-c2nn[nH]n2)cc1. The van der Waals surface area contributed by atoms with Crippen LogP contribution in [0.25, 0.3) is 22.5 Å². The van der Waals surface area contributed by atoms with Gasteiger partial charge in [-0.15, -0.1) is 10.2 Å². The summed E-state index contributed by atoms with van der Waals surface area (Å²) in [5.41, 5.74) is 3.80. The fourth-order valence-corrected chi connectivity index (χ4v) is 3.23. The van der Waals surface area contributed by atoms with Gasteiger partial charge in [-0.3, -0.25) is 4.68 Å². The predicted molar refractivity (Wildman–Crippen MR) is 106 cm³/mol. The maximum Gasteiger partial charge on any atom is 0.361 e. The third kappa shape index (κ3) is 3.48. The van der Waals surface area contributed by atoms with Crippen molar-refractivity contribution >= 4 is 0 Å². The van der Waals surface area contributed by atoms with E-state index in [1.54, 1.807) is 0 Å². The third-order valence-corrected chi connectivity index (χ3v) is 4.90. The van der Waals surface area contributed by atoms with Crippen LogP contribution in [0.3, 0.4) is 0 Å². The average molecular weight is 375 g/mol. The molecule has 0 saturated carbocycles. The Hall–Kier alpha value is -3.55. The fourth-order valence-electron chi connectivity index (χ4n) is 3.23. The van der Waals surface area contributed by atoms with Crippen molar-refractivity contribution in [3.8, 4) is 22.5 Å². The van der Waals surface area contributed by atoms with Gasteiger partial charge < -0.3 is 0 Å². The van der Waals surface area contributed by atoms with Gasteiger partial charge in [0.25, 0.3) is 0 Å². The lowest BCUT2D eigenvalue weighted by molar-refractivity contribution is 0.459. The van der Waals surface area contributed by atoms with Crippen LogP contribution in [-0.2, 0) is 6.42 Å². The van der Waals surface area contributed by atoms with Gasteiger partial charge in [0, 0.05) is 18.0 Å². The summed E-state index contributed by atoms with van der Waals surface area (Å²) in [6, 6.07) is 16.4. The van der Waals surface area contributed by atoms with E-state index in [-0.39, 0.29) is 11.7 Å². The standard InChI is InChI=1S/C20H21N7O/c1-3-13(2)27-18(21-20(28)24-27)12-14-8-10-15(11-9-14)16-6-4-5-7-17(16)19-22-25-26-23-19/h4-11,13H,3,12H2,1-2H3,(H,24,28)(H,22,23,25,26). The molecule has 142 valence electrons. The number of hydrogen-bond acceptors (Lipinski definition) is 5. The summed E-state index contributed by atoms with van der Waals surface area (Å²) in [7, 11) is 0. The smallest absolute Gasteiger partial charge is 0.267 e. The second-order valence-electron chi connectivity index (χ2n) is 6.73. The van der Waals surface area contributed by atoms with Crippen molar-refractivity contribution in [1.29, 1.82) is 0 Å². The van der Waals surface area contributed by atoms with E-state index in [0.717, 1.165) is 34.5 Å². The molecular formula is C20H21N7O. The second-order valence-corrected chi connectivity index (χ2v) is 6.73. The molecule has 28 heavy (non-hydrogen) atoms. The Morgan fingerprint density at radius 3 is 2.50 bits per heavy atom. The Kier molecular flexibility index (Phi) is 4.84. The largest absolute Gasteiger partial charge is 0.361 e. The molecule has 2 aromatic carbocycles. The molecule has 0 aliphatic carbocycles. The lowest BCUT2D eigenvalue weighted by Crippen LogP contribution is -2.12. The van der Waals surface area contributed by atoms with Gasteiger partial charge in [-0.1, -0.05) is 55.5 Å². The molecule has 8 heteroatoms. The summed E-state index contributed by atoms with van der Waals surface area (Å²) in [5.74, 6) is 1.31. The zero-order chi connectivity index (χ0) is 19.5. The van der Waals surface area contributed by atoms with Gasteiger partial charge >= 0.3 is 5.69 Å². The van der Waals surface area contributed by atoms with Gasteiger partial charge in [0.15, 0.2) is 0 Å². The summed E-state index contributed by atoms with van der Waals surface area (Å²) in [6.45, 7) is 4.15. The van der Waals surface area contributed by atoms with Gasteiger partial charge in [0.05, 0.1) is 0 Å². The number of nitrogens with one attached hydrogen (secondary N) is 2. The quantitative estimate of drug-likeness (QED) is 0.539. The van der Waals surface area contributed by atoms with Crippen molar-refractivity contribution in [1.82, 2.24) is 35.4 Å². The monoisotopic (exact) mass is 375 g/mol. The zero-order valence-corrected chi connectivity index (χ0v) is 15.8. The molecule has 2 heterocycles. The van der Waals surface area contributed by atoms with Crippen LogP contribution in [0.2, 0.25) is 0 Å². The Balaban J connectivity index is 1.62. The van der Waals surface area contributed by atoms with Crippen LogP contribution in [-0.4, -0.2) is 35.4 Å². The van der Waals surface area contributed by atoms with Crippen molar-refractivity contribution in [3.63, 3.8) is 0 Å². The first kappa shape index (κ1) is 17.8. The molecular weight excluding hydrogens is 354 g/mol. The zero-order valence-electron chi connectivity index (χ0n) is 15.8. The number of nitrogens with zero attached hydrogens (tertiary/aromatic N) is 5. The minimum atomic E-state index is -0.305. The molecule has 8 nitrogen and oxygen atoms in total. The van der Waals surface area contributed by atoms with Crippen LogP contribution in [0.5, 0.6) is 0 Å². The molecule has 1 unspecified atom stereocenters. The van der Waals surface area contributed by atoms with Crippen molar-refractivity contribution in [2.24, 2.45) is 0 Å². The summed E-state index contributed by atoms with van der Waals surface area (Å²) >= 11 is 0. The summed E-state index contributed by atoms with van der Waals surface area (Å²) < 4.78 is 1.86.